The number of aromatic carboxylic acids is 1. The maximum atomic E-state index is 14.8. The van der Waals surface area contributed by atoms with E-state index >= 15 is 0 Å². The number of aromatic hydroxyl groups is 1. The van der Waals surface area contributed by atoms with Gasteiger partial charge in [0.2, 0.25) is 0 Å². The van der Waals surface area contributed by atoms with E-state index < -0.39 is 23.5 Å². The van der Waals surface area contributed by atoms with E-state index in [1.807, 2.05) is 24.3 Å². The second kappa shape index (κ2) is 7.13. The fourth-order valence-electron chi connectivity index (χ4n) is 3.91. The van der Waals surface area contributed by atoms with Crippen LogP contribution in [-0.2, 0) is 4.74 Å². The first-order valence-corrected chi connectivity index (χ1v) is 9.17. The first-order chi connectivity index (χ1) is 13.5. The predicted molar refractivity (Wildman–Crippen MR) is 105 cm³/mol. The summed E-state index contributed by atoms with van der Waals surface area (Å²) in [6.07, 6.45) is 1.99. The molecular formula is C22H20FNO4. The van der Waals surface area contributed by atoms with Gasteiger partial charge in [0.25, 0.3) is 0 Å². The molecule has 28 heavy (non-hydrogen) atoms. The highest BCUT2D eigenvalue weighted by Gasteiger charge is 2.29. The molecule has 1 fully saturated rings. The van der Waals surface area contributed by atoms with E-state index in [0.29, 0.717) is 29.7 Å². The Kier molecular flexibility index (Phi) is 4.65. The van der Waals surface area contributed by atoms with Crippen LogP contribution >= 0.6 is 0 Å². The molecule has 1 aliphatic rings. The van der Waals surface area contributed by atoms with Gasteiger partial charge in [-0.3, -0.25) is 0 Å². The van der Waals surface area contributed by atoms with Gasteiger partial charge in [-0.25, -0.2) is 9.18 Å². The van der Waals surface area contributed by atoms with Crippen LogP contribution in [0.2, 0.25) is 0 Å². The van der Waals surface area contributed by atoms with E-state index in [-0.39, 0.29) is 11.4 Å². The SMILES string of the molecule is Nc1c(F)c(C(=O)O)cc(-c2c(O)ccc3ccccc23)c1C1CCCCO1. The Morgan fingerprint density at radius 3 is 2.68 bits per heavy atom. The van der Waals surface area contributed by atoms with Crippen LogP contribution in [0.3, 0.4) is 0 Å². The third-order valence-electron chi connectivity index (χ3n) is 5.25. The van der Waals surface area contributed by atoms with E-state index in [0.717, 1.165) is 23.6 Å². The standard InChI is InChI=1S/C22H20FNO4/c23-20-15(22(26)27)11-14(19(21(20)24)17-7-3-4-10-28-17)18-13-6-2-1-5-12(13)8-9-16(18)25/h1-2,5-6,8-9,11,17,25H,3-4,7,10,24H2,(H,26,27). The molecule has 4 rings (SSSR count). The van der Waals surface area contributed by atoms with Crippen LogP contribution in [0.1, 0.15) is 41.3 Å². The molecule has 1 unspecified atom stereocenters. The first kappa shape index (κ1) is 18.3. The number of rotatable bonds is 3. The molecule has 0 aromatic heterocycles. The van der Waals surface area contributed by atoms with Crippen LogP contribution in [-0.4, -0.2) is 22.8 Å². The lowest BCUT2D eigenvalue weighted by atomic mass is 9.87. The van der Waals surface area contributed by atoms with E-state index in [1.54, 1.807) is 12.1 Å². The van der Waals surface area contributed by atoms with Gasteiger partial charge >= 0.3 is 5.97 Å². The van der Waals surface area contributed by atoms with Crippen molar-refractivity contribution in [2.75, 3.05) is 12.3 Å². The van der Waals surface area contributed by atoms with Crippen LogP contribution in [0, 0.1) is 5.82 Å². The molecule has 1 saturated heterocycles. The molecule has 4 N–H and O–H groups in total. The summed E-state index contributed by atoms with van der Waals surface area (Å²) in [7, 11) is 0. The quantitative estimate of drug-likeness (QED) is 0.563. The minimum absolute atomic E-state index is 0.0295. The van der Waals surface area contributed by atoms with Crippen molar-refractivity contribution in [2.24, 2.45) is 0 Å². The molecule has 5 nitrogen and oxygen atoms in total. The number of nitrogen functional groups attached to an aromatic ring is 1. The molecule has 0 spiro atoms. The maximum Gasteiger partial charge on any atom is 0.338 e. The number of anilines is 1. The van der Waals surface area contributed by atoms with Crippen molar-refractivity contribution in [2.45, 2.75) is 25.4 Å². The van der Waals surface area contributed by atoms with E-state index in [2.05, 4.69) is 0 Å². The molecule has 3 aromatic carbocycles. The summed E-state index contributed by atoms with van der Waals surface area (Å²) in [5, 5.41) is 21.7. The minimum atomic E-state index is -1.42. The second-order valence-electron chi connectivity index (χ2n) is 6.95. The van der Waals surface area contributed by atoms with Gasteiger partial charge in [0, 0.05) is 17.7 Å². The van der Waals surface area contributed by atoms with Crippen LogP contribution in [0.25, 0.3) is 21.9 Å². The number of carbonyl (C=O) groups is 1. The topological polar surface area (TPSA) is 92.8 Å². The zero-order valence-corrected chi connectivity index (χ0v) is 15.1. The van der Waals surface area contributed by atoms with Crippen molar-refractivity contribution >= 4 is 22.4 Å². The number of hydrogen-bond donors (Lipinski definition) is 3. The van der Waals surface area contributed by atoms with Crippen molar-refractivity contribution in [3.05, 3.63) is 59.4 Å². The fraction of sp³-hybridized carbons (Fsp3) is 0.227. The molecule has 0 radical (unpaired) electrons. The molecule has 0 aliphatic carbocycles. The number of fused-ring (bicyclic) bond motifs is 1. The van der Waals surface area contributed by atoms with Gasteiger partial charge < -0.3 is 20.7 Å². The molecule has 6 heteroatoms. The monoisotopic (exact) mass is 381 g/mol. The smallest absolute Gasteiger partial charge is 0.338 e. The summed E-state index contributed by atoms with van der Waals surface area (Å²) in [5.74, 6) is -2.42. The number of phenolic OH excluding ortho intramolecular Hbond substituents is 1. The molecule has 0 amide bonds. The Hall–Kier alpha value is -3.12. The molecule has 144 valence electrons. The van der Waals surface area contributed by atoms with Gasteiger partial charge in [0.05, 0.1) is 17.4 Å². The summed E-state index contributed by atoms with van der Waals surface area (Å²) >= 11 is 0. The Labute approximate surface area is 161 Å². The predicted octanol–water partition coefficient (Wildman–Crippen LogP) is 4.87. The Morgan fingerprint density at radius 2 is 1.96 bits per heavy atom. The third kappa shape index (κ3) is 2.96. The van der Waals surface area contributed by atoms with Crippen LogP contribution in [0.15, 0.2) is 42.5 Å². The number of benzene rings is 3. The van der Waals surface area contributed by atoms with Crippen molar-refractivity contribution in [3.8, 4) is 16.9 Å². The number of carboxylic acid groups (broad SMARTS) is 1. The molecule has 1 aliphatic heterocycles. The highest BCUT2D eigenvalue weighted by atomic mass is 19.1. The average Bonchev–Trinajstić information content (AvgIpc) is 2.70. The van der Waals surface area contributed by atoms with Gasteiger partial charge in [-0.05, 0) is 47.7 Å². The Bertz CT molecular complexity index is 1070. The normalized spacial score (nSPS) is 17.0. The zero-order valence-electron chi connectivity index (χ0n) is 15.1. The van der Waals surface area contributed by atoms with Crippen molar-refractivity contribution in [3.63, 3.8) is 0 Å². The maximum absolute atomic E-state index is 14.8. The second-order valence-corrected chi connectivity index (χ2v) is 6.95. The summed E-state index contributed by atoms with van der Waals surface area (Å²) in [4.78, 5) is 11.6. The lowest BCUT2D eigenvalue weighted by Gasteiger charge is -2.27. The highest BCUT2D eigenvalue weighted by molar-refractivity contribution is 6.03. The highest BCUT2D eigenvalue weighted by Crippen LogP contribution is 2.45. The number of hydrogen-bond acceptors (Lipinski definition) is 4. The molecule has 0 bridgehead atoms. The van der Waals surface area contributed by atoms with Crippen molar-refractivity contribution in [1.29, 1.82) is 0 Å². The molecular weight excluding hydrogens is 361 g/mol. The summed E-state index contributed by atoms with van der Waals surface area (Å²) < 4.78 is 20.6. The van der Waals surface area contributed by atoms with E-state index in [9.17, 15) is 19.4 Å². The van der Waals surface area contributed by atoms with Crippen molar-refractivity contribution in [1.82, 2.24) is 0 Å². The van der Waals surface area contributed by atoms with Crippen LogP contribution < -0.4 is 5.73 Å². The summed E-state index contributed by atoms with van der Waals surface area (Å²) in [5.41, 5.74) is 6.53. The van der Waals surface area contributed by atoms with E-state index in [4.69, 9.17) is 10.5 Å². The summed E-state index contributed by atoms with van der Waals surface area (Å²) in [6.45, 7) is 0.521. The Morgan fingerprint density at radius 1 is 1.18 bits per heavy atom. The van der Waals surface area contributed by atoms with Gasteiger partial charge in [-0.2, -0.15) is 0 Å². The van der Waals surface area contributed by atoms with Gasteiger partial charge in [-0.15, -0.1) is 0 Å². The lowest BCUT2D eigenvalue weighted by Crippen LogP contribution is -2.17. The number of halogens is 1. The van der Waals surface area contributed by atoms with E-state index in [1.165, 1.54) is 6.07 Å². The minimum Gasteiger partial charge on any atom is -0.507 e. The molecule has 3 aromatic rings. The van der Waals surface area contributed by atoms with Gasteiger partial charge in [-0.1, -0.05) is 30.3 Å². The lowest BCUT2D eigenvalue weighted by molar-refractivity contribution is 0.0156. The average molecular weight is 381 g/mol. The van der Waals surface area contributed by atoms with Crippen LogP contribution in [0.4, 0.5) is 10.1 Å². The fourth-order valence-corrected chi connectivity index (χ4v) is 3.91. The largest absolute Gasteiger partial charge is 0.507 e. The molecule has 0 saturated carbocycles. The number of ether oxygens (including phenoxy) is 1. The number of carboxylic acids is 1. The summed E-state index contributed by atoms with van der Waals surface area (Å²) in [6, 6.07) is 12.0. The van der Waals surface area contributed by atoms with Crippen LogP contribution in [0.5, 0.6) is 5.75 Å². The van der Waals surface area contributed by atoms with Crippen molar-refractivity contribution < 1.29 is 24.1 Å². The molecule has 1 atom stereocenters. The van der Waals surface area contributed by atoms with Gasteiger partial charge in [0.15, 0.2) is 5.82 Å². The number of nitrogens with two attached hydrogens (primary N) is 1. The Balaban J connectivity index is 2.08. The zero-order chi connectivity index (χ0) is 19.8. The molecule has 1 heterocycles. The third-order valence-corrected chi connectivity index (χ3v) is 5.25. The first-order valence-electron chi connectivity index (χ1n) is 9.17. The van der Waals surface area contributed by atoms with Gasteiger partial charge in [0.1, 0.15) is 5.75 Å². The number of phenols is 1.